The summed E-state index contributed by atoms with van der Waals surface area (Å²) >= 11 is 0. The predicted octanol–water partition coefficient (Wildman–Crippen LogP) is 0.798. The number of halogens is 3. The zero-order chi connectivity index (χ0) is 3.58. The van der Waals surface area contributed by atoms with Gasteiger partial charge in [0, 0.05) is 27.3 Å². The zero-order valence-corrected chi connectivity index (χ0v) is 6.78. The number of alkyl halides is 3. The minimum atomic E-state index is -3.67. The van der Waals surface area contributed by atoms with Crippen molar-refractivity contribution < 1.29 is 13.2 Å². The molecular weight excluding hydrogens is 273 g/mol. The van der Waals surface area contributed by atoms with Gasteiger partial charge in [-0.3, -0.25) is 0 Å². The van der Waals surface area contributed by atoms with Gasteiger partial charge < -0.3 is 0 Å². The van der Waals surface area contributed by atoms with E-state index in [9.17, 15) is 13.2 Å². The Morgan fingerprint density at radius 2 is 1.00 bits per heavy atom. The van der Waals surface area contributed by atoms with Crippen LogP contribution in [0.1, 0.15) is 0 Å². The van der Waals surface area contributed by atoms with E-state index in [1.165, 1.54) is 0 Å². The molecule has 0 amide bonds. The van der Waals surface area contributed by atoms with Gasteiger partial charge in [-0.2, -0.15) is 13.2 Å². The first-order valence-electron chi connectivity index (χ1n) is 0.655. The Bertz CT molecular complexity index is 11.6. The van der Waals surface area contributed by atoms with Crippen molar-refractivity contribution in [1.82, 2.24) is 0 Å². The summed E-state index contributed by atoms with van der Waals surface area (Å²) in [6.07, 6.45) is 0. The van der Waals surface area contributed by atoms with E-state index in [2.05, 4.69) is 0 Å². The van der Waals surface area contributed by atoms with Crippen LogP contribution in [0, 0.1) is 0 Å². The van der Waals surface area contributed by atoms with E-state index in [-0.39, 0.29) is 27.3 Å². The van der Waals surface area contributed by atoms with Crippen molar-refractivity contribution in [3.63, 3.8) is 0 Å². The van der Waals surface area contributed by atoms with Crippen molar-refractivity contribution in [2.24, 2.45) is 0 Å². The molecule has 0 aromatic rings. The molecule has 0 saturated carbocycles. The van der Waals surface area contributed by atoms with Gasteiger partial charge in [-0.25, -0.2) is 0 Å². The molecule has 0 aliphatic heterocycles. The third-order valence-electron chi connectivity index (χ3n) is 0. The maximum Gasteiger partial charge on any atom is 0.379 e. The van der Waals surface area contributed by atoms with E-state index in [0.717, 1.165) is 0 Å². The van der Waals surface area contributed by atoms with Gasteiger partial charge in [0.15, 0.2) is 0 Å². The molecule has 0 nitrogen and oxygen atoms in total. The normalized spacial score (nSPS) is 7.20. The van der Waals surface area contributed by atoms with Gasteiger partial charge in [0.2, 0.25) is 0 Å². The summed E-state index contributed by atoms with van der Waals surface area (Å²) in [6, 6.07) is 0. The molecule has 0 atom stereocenters. The molecule has 0 aromatic heterocycles. The number of rotatable bonds is 0. The van der Waals surface area contributed by atoms with Gasteiger partial charge in [0.05, 0.1) is 0 Å². The van der Waals surface area contributed by atoms with Crippen molar-refractivity contribution in [3.8, 4) is 0 Å². The molecule has 0 rings (SSSR count). The summed E-state index contributed by atoms with van der Waals surface area (Å²) in [5, 5.41) is 0. The SMILES string of the molecule is FC(F)F.[Tl]. The first kappa shape index (κ1) is 9.20. The topological polar surface area (TPSA) is 0 Å². The first-order valence-corrected chi connectivity index (χ1v) is 0.655. The van der Waals surface area contributed by atoms with Crippen LogP contribution in [0.25, 0.3) is 0 Å². The average molecular weight is 274 g/mol. The molecule has 0 saturated heterocycles. The van der Waals surface area contributed by atoms with Gasteiger partial charge in [-0.05, 0) is 0 Å². The summed E-state index contributed by atoms with van der Waals surface area (Å²) in [7, 11) is 0. The molecule has 29 valence electrons. The second-order valence-electron chi connectivity index (χ2n) is 0.247. The van der Waals surface area contributed by atoms with E-state index in [1.54, 1.807) is 0 Å². The second-order valence-corrected chi connectivity index (χ2v) is 0.247. The Morgan fingerprint density at radius 3 is 1.00 bits per heavy atom. The third kappa shape index (κ3) is 68.4. The maximum absolute atomic E-state index is 9.67. The molecular formula is CHF3Tl. The quantitative estimate of drug-likeness (QED) is 0.573. The number of hydrogen-bond donors (Lipinski definition) is 0. The molecule has 0 aromatic carbocycles. The van der Waals surface area contributed by atoms with Gasteiger partial charge >= 0.3 is 6.68 Å². The minimum absolute atomic E-state index is 0. The van der Waals surface area contributed by atoms with Crippen LogP contribution in [-0.4, -0.2) is 34.0 Å². The standard InChI is InChI=1S/CHF3.Tl/c2-1(3)4;/h1H;. The molecule has 0 spiro atoms. The second kappa shape index (κ2) is 4.71. The Labute approximate surface area is 47.5 Å². The van der Waals surface area contributed by atoms with Gasteiger partial charge in [0.25, 0.3) is 0 Å². The Kier molecular flexibility index (Phi) is 8.67. The van der Waals surface area contributed by atoms with Crippen LogP contribution >= 0.6 is 0 Å². The van der Waals surface area contributed by atoms with Crippen LogP contribution in [0.15, 0.2) is 0 Å². The van der Waals surface area contributed by atoms with E-state index >= 15 is 0 Å². The Balaban J connectivity index is 0. The van der Waals surface area contributed by atoms with E-state index in [4.69, 9.17) is 0 Å². The fraction of sp³-hybridized carbons (Fsp3) is 1.00. The van der Waals surface area contributed by atoms with Gasteiger partial charge in [0.1, 0.15) is 0 Å². The van der Waals surface area contributed by atoms with Crippen LogP contribution < -0.4 is 0 Å². The Morgan fingerprint density at radius 1 is 1.00 bits per heavy atom. The fourth-order valence-corrected chi connectivity index (χ4v) is 0. The largest absolute Gasteiger partial charge is 0.379 e. The first-order chi connectivity index (χ1) is 1.73. The van der Waals surface area contributed by atoms with E-state index in [1.807, 2.05) is 0 Å². The molecule has 0 unspecified atom stereocenters. The third-order valence-corrected chi connectivity index (χ3v) is 0. The van der Waals surface area contributed by atoms with Crippen molar-refractivity contribution >= 4 is 27.3 Å². The minimum Gasteiger partial charge on any atom is -0.174 e. The molecule has 0 bridgehead atoms. The monoisotopic (exact) mass is 275 g/mol. The molecule has 4 heteroatoms. The smallest absolute Gasteiger partial charge is 0.174 e. The van der Waals surface area contributed by atoms with E-state index < -0.39 is 6.68 Å². The number of hydrogen-bond acceptors (Lipinski definition) is 0. The Hall–Kier alpha value is 0.712. The predicted molar refractivity (Wildman–Crippen MR) is 12.9 cm³/mol. The van der Waals surface area contributed by atoms with Crippen LogP contribution in [0.3, 0.4) is 0 Å². The van der Waals surface area contributed by atoms with Crippen molar-refractivity contribution in [1.29, 1.82) is 0 Å². The van der Waals surface area contributed by atoms with Crippen LogP contribution in [0.5, 0.6) is 0 Å². The molecule has 0 heterocycles. The average Bonchev–Trinajstić information content (AvgIpc) is 0.811. The summed E-state index contributed by atoms with van der Waals surface area (Å²) in [5.41, 5.74) is 0. The fourth-order valence-electron chi connectivity index (χ4n) is 0. The molecule has 0 aliphatic rings. The van der Waals surface area contributed by atoms with Crippen molar-refractivity contribution in [2.75, 3.05) is 0 Å². The van der Waals surface area contributed by atoms with Gasteiger partial charge in [-0.1, -0.05) is 0 Å². The molecule has 1 radical (unpaired) electrons. The molecule has 0 aliphatic carbocycles. The van der Waals surface area contributed by atoms with Crippen molar-refractivity contribution in [3.05, 3.63) is 0 Å². The van der Waals surface area contributed by atoms with E-state index in [0.29, 0.717) is 0 Å². The summed E-state index contributed by atoms with van der Waals surface area (Å²) in [4.78, 5) is 0. The molecule has 5 heavy (non-hydrogen) atoms. The van der Waals surface area contributed by atoms with Crippen LogP contribution in [-0.2, 0) is 0 Å². The molecule has 0 N–H and O–H groups in total. The molecule has 0 fully saturated rings. The van der Waals surface area contributed by atoms with Crippen LogP contribution in [0.4, 0.5) is 13.2 Å². The van der Waals surface area contributed by atoms with Gasteiger partial charge in [-0.15, -0.1) is 0 Å². The van der Waals surface area contributed by atoms with Crippen molar-refractivity contribution in [2.45, 2.75) is 6.68 Å². The van der Waals surface area contributed by atoms with Crippen LogP contribution in [0.2, 0.25) is 0 Å². The maximum atomic E-state index is 9.67. The summed E-state index contributed by atoms with van der Waals surface area (Å²) < 4.78 is 29.0. The summed E-state index contributed by atoms with van der Waals surface area (Å²) in [5.74, 6) is 0. The zero-order valence-electron chi connectivity index (χ0n) is 2.29. The summed E-state index contributed by atoms with van der Waals surface area (Å²) in [6.45, 7) is -3.67.